The molecule has 0 radical (unpaired) electrons. The van der Waals surface area contributed by atoms with Gasteiger partial charge in [-0.25, -0.2) is 19.9 Å². The Balaban J connectivity index is 0.000000163. The van der Waals surface area contributed by atoms with Gasteiger partial charge in [-0.15, -0.1) is 12.4 Å². The maximum atomic E-state index is 12.0. The molecule has 0 atom stereocenters. The Hall–Kier alpha value is -7.28. The number of H-pyrrole nitrogens is 4. The van der Waals surface area contributed by atoms with Crippen molar-refractivity contribution in [2.24, 2.45) is 0 Å². The number of nitrogens with one attached hydrogen (secondary N) is 5. The fraction of sp³-hybridized carbons (Fsp3) is 0.0233. The quantitative estimate of drug-likeness (QED) is 0.0750. The molecule has 0 aliphatic heterocycles. The van der Waals surface area contributed by atoms with Crippen LogP contribution in [0.5, 0.6) is 0 Å². The number of fused-ring (bicyclic) bond motifs is 4. The molecule has 0 aliphatic carbocycles. The highest BCUT2D eigenvalue weighted by Gasteiger charge is 2.13. The lowest BCUT2D eigenvalue weighted by Gasteiger charge is -2.09. The third-order valence-electron chi connectivity index (χ3n) is 8.69. The monoisotopic (exact) mass is 794 g/mol. The summed E-state index contributed by atoms with van der Waals surface area (Å²) in [4.78, 5) is 52.8. The second-order valence-electron chi connectivity index (χ2n) is 12.3. The average Bonchev–Trinajstić information content (AvgIpc) is 3.85. The van der Waals surface area contributed by atoms with Gasteiger partial charge in [-0.1, -0.05) is 91.8 Å². The lowest BCUT2D eigenvalue weighted by Crippen LogP contribution is -2.04. The van der Waals surface area contributed by atoms with Crippen molar-refractivity contribution in [3.05, 3.63) is 172 Å². The Morgan fingerprint density at radius 1 is 0.579 bits per heavy atom. The molecule has 57 heavy (non-hydrogen) atoms. The number of nitrogens with two attached hydrogens (primary N) is 1. The minimum atomic E-state index is -0.172. The van der Waals surface area contributed by atoms with E-state index in [9.17, 15) is 9.59 Å². The van der Waals surface area contributed by atoms with Gasteiger partial charge < -0.3 is 31.0 Å². The predicted molar refractivity (Wildman–Crippen MR) is 234 cm³/mol. The first kappa shape index (κ1) is 39.4. The number of hydrogen-bond acceptors (Lipinski definition) is 8. The standard InChI is InChI=1S/C21H15N5O.C15H9ClN4O.C6H7N.CH4.ClH/c27-21-16-11-17(25-20(16)22-12-23-21)15-8-4-5-13-9-10-18(26-19(13)15)24-14-6-2-1-3-7-14;16-12-5-4-8-2-1-3-9(13(8)20-12)11-6-10-14(19-11)17-7-18-15(10)21;7-6-4-2-1-3-5-6;;/h1-12H,(H,24,26)(H2,22,23,25,27);1-7H,(H2,17,18,19,21);1-5H,7H2;1H4;1H. The molecule has 0 bridgehead atoms. The lowest BCUT2D eigenvalue weighted by atomic mass is 10.1. The van der Waals surface area contributed by atoms with Crippen molar-refractivity contribution >= 4 is 85.1 Å². The van der Waals surface area contributed by atoms with Gasteiger partial charge in [-0.05, 0) is 60.7 Å². The maximum absolute atomic E-state index is 12.0. The van der Waals surface area contributed by atoms with Crippen LogP contribution in [-0.2, 0) is 0 Å². The van der Waals surface area contributed by atoms with E-state index < -0.39 is 0 Å². The topological polar surface area (TPSA) is 187 Å². The Bertz CT molecular complexity index is 3050. The minimum Gasteiger partial charge on any atom is -0.399 e. The van der Waals surface area contributed by atoms with Crippen LogP contribution in [0.25, 0.3) is 66.4 Å². The first-order chi connectivity index (χ1) is 26.9. The highest BCUT2D eigenvalue weighted by Crippen LogP contribution is 2.31. The predicted octanol–water partition coefficient (Wildman–Crippen LogP) is 9.66. The number of rotatable bonds is 4. The largest absolute Gasteiger partial charge is 0.399 e. The fourth-order valence-corrected chi connectivity index (χ4v) is 6.24. The number of aromatic amines is 4. The summed E-state index contributed by atoms with van der Waals surface area (Å²) in [5, 5.41) is 6.81. The van der Waals surface area contributed by atoms with Crippen LogP contribution >= 0.6 is 24.0 Å². The summed E-state index contributed by atoms with van der Waals surface area (Å²) in [6.07, 6.45) is 2.78. The van der Waals surface area contributed by atoms with Crippen molar-refractivity contribution in [3.8, 4) is 22.5 Å². The van der Waals surface area contributed by atoms with Crippen LogP contribution in [0, 0.1) is 0 Å². The number of benzene rings is 4. The van der Waals surface area contributed by atoms with Crippen molar-refractivity contribution in [1.29, 1.82) is 0 Å². The molecule has 4 aromatic carbocycles. The molecule has 0 aliphatic rings. The number of anilines is 3. The van der Waals surface area contributed by atoms with Crippen LogP contribution in [0.1, 0.15) is 7.43 Å². The van der Waals surface area contributed by atoms with Crippen molar-refractivity contribution in [1.82, 2.24) is 39.9 Å². The zero-order valence-electron chi connectivity index (χ0n) is 29.3. The molecule has 6 heterocycles. The van der Waals surface area contributed by atoms with Crippen LogP contribution in [0.4, 0.5) is 17.2 Å². The molecule has 0 amide bonds. The molecule has 0 fully saturated rings. The van der Waals surface area contributed by atoms with E-state index in [2.05, 4.69) is 40.2 Å². The Labute approximate surface area is 336 Å². The second-order valence-corrected chi connectivity index (χ2v) is 12.7. The molecule has 0 saturated carbocycles. The summed E-state index contributed by atoms with van der Waals surface area (Å²) in [5.74, 6) is 0.758. The summed E-state index contributed by atoms with van der Waals surface area (Å²) >= 11 is 5.99. The minimum absolute atomic E-state index is 0. The van der Waals surface area contributed by atoms with E-state index in [0.29, 0.717) is 27.2 Å². The van der Waals surface area contributed by atoms with Crippen molar-refractivity contribution in [3.63, 3.8) is 0 Å². The zero-order chi connectivity index (χ0) is 37.7. The van der Waals surface area contributed by atoms with Crippen molar-refractivity contribution < 1.29 is 0 Å². The lowest BCUT2D eigenvalue weighted by molar-refractivity contribution is 1.16. The number of pyridine rings is 2. The zero-order valence-corrected chi connectivity index (χ0v) is 30.9. The van der Waals surface area contributed by atoms with E-state index >= 15 is 0 Å². The molecule has 0 saturated heterocycles. The average molecular weight is 796 g/mol. The van der Waals surface area contributed by atoms with E-state index in [1.165, 1.54) is 12.7 Å². The molecular weight excluding hydrogens is 759 g/mol. The fourth-order valence-electron chi connectivity index (χ4n) is 6.09. The van der Waals surface area contributed by atoms with Gasteiger partial charge >= 0.3 is 0 Å². The molecule has 10 aromatic rings. The van der Waals surface area contributed by atoms with Crippen LogP contribution in [0.2, 0.25) is 5.15 Å². The maximum Gasteiger partial charge on any atom is 0.260 e. The summed E-state index contributed by atoms with van der Waals surface area (Å²) in [6, 6.07) is 42.5. The Morgan fingerprint density at radius 2 is 1.09 bits per heavy atom. The van der Waals surface area contributed by atoms with Crippen LogP contribution < -0.4 is 22.2 Å². The van der Waals surface area contributed by atoms with E-state index in [0.717, 1.165) is 61.5 Å². The molecule has 6 aromatic heterocycles. The van der Waals surface area contributed by atoms with E-state index in [-0.39, 0.29) is 31.0 Å². The Morgan fingerprint density at radius 3 is 1.60 bits per heavy atom. The highest BCUT2D eigenvalue weighted by atomic mass is 35.5. The number of hydrogen-bond donors (Lipinski definition) is 6. The molecule has 7 N–H and O–H groups in total. The molecule has 14 heteroatoms. The molecular formula is C43H36Cl2N10O2. The number of halogens is 2. The van der Waals surface area contributed by atoms with E-state index in [1.807, 2.05) is 121 Å². The SMILES string of the molecule is C.Cl.Nc1ccccc1.O=c1[nH]cnc2[nH]c(-c3cccc4ccc(Cl)nc34)cc12.O=c1[nH]cnc2[nH]c(-c3cccc4ccc(Nc5ccccc5)nc34)cc12. The molecule has 284 valence electrons. The van der Waals surface area contributed by atoms with E-state index in [4.69, 9.17) is 22.3 Å². The molecule has 10 rings (SSSR count). The normalized spacial score (nSPS) is 10.5. The summed E-state index contributed by atoms with van der Waals surface area (Å²) < 4.78 is 0. The highest BCUT2D eigenvalue weighted by molar-refractivity contribution is 6.29. The van der Waals surface area contributed by atoms with E-state index in [1.54, 1.807) is 12.1 Å². The first-order valence-electron chi connectivity index (χ1n) is 17.1. The van der Waals surface area contributed by atoms with Crippen LogP contribution in [0.15, 0.2) is 156 Å². The molecule has 0 spiro atoms. The molecule has 12 nitrogen and oxygen atoms in total. The van der Waals surface area contributed by atoms with Gasteiger partial charge in [0, 0.05) is 33.3 Å². The van der Waals surface area contributed by atoms with Gasteiger partial charge in [0.2, 0.25) is 0 Å². The summed E-state index contributed by atoms with van der Waals surface area (Å²) in [5.41, 5.74) is 13.0. The first-order valence-corrected chi connectivity index (χ1v) is 17.5. The van der Waals surface area contributed by atoms with Gasteiger partial charge in [-0.2, -0.15) is 0 Å². The van der Waals surface area contributed by atoms with Crippen molar-refractivity contribution in [2.45, 2.75) is 7.43 Å². The van der Waals surface area contributed by atoms with Crippen LogP contribution in [-0.4, -0.2) is 39.9 Å². The van der Waals surface area contributed by atoms with Gasteiger partial charge in [-0.3, -0.25) is 9.59 Å². The number of nitrogen functional groups attached to an aromatic ring is 1. The van der Waals surface area contributed by atoms with Crippen molar-refractivity contribution in [2.75, 3.05) is 11.1 Å². The summed E-state index contributed by atoms with van der Waals surface area (Å²) in [7, 11) is 0. The van der Waals surface area contributed by atoms with Gasteiger partial charge in [0.05, 0.1) is 45.8 Å². The van der Waals surface area contributed by atoms with Gasteiger partial charge in [0.25, 0.3) is 11.1 Å². The molecule has 0 unspecified atom stereocenters. The Kier molecular flexibility index (Phi) is 12.1. The third kappa shape index (κ3) is 8.67. The second kappa shape index (κ2) is 17.5. The number of aromatic nitrogens is 8. The van der Waals surface area contributed by atoms with Gasteiger partial charge in [0.15, 0.2) is 0 Å². The third-order valence-corrected chi connectivity index (χ3v) is 8.90. The smallest absolute Gasteiger partial charge is 0.260 e. The number of para-hydroxylation sites is 4. The summed E-state index contributed by atoms with van der Waals surface area (Å²) in [6.45, 7) is 0. The van der Waals surface area contributed by atoms with Crippen LogP contribution in [0.3, 0.4) is 0 Å². The number of nitrogens with zero attached hydrogens (tertiary/aromatic N) is 4. The van der Waals surface area contributed by atoms with Gasteiger partial charge in [0.1, 0.15) is 22.3 Å².